The van der Waals surface area contributed by atoms with Crippen LogP contribution in [0.1, 0.15) is 37.3 Å². The Hall–Kier alpha value is -4.79. The Kier molecular flexibility index (Phi) is 7.34. The summed E-state index contributed by atoms with van der Waals surface area (Å²) in [5.74, 6) is 0.795. The molecule has 9 heteroatoms. The van der Waals surface area contributed by atoms with Crippen molar-refractivity contribution >= 4 is 28.4 Å². The van der Waals surface area contributed by atoms with Gasteiger partial charge in [-0.2, -0.15) is 5.10 Å². The summed E-state index contributed by atoms with van der Waals surface area (Å²) in [6.45, 7) is 1.54. The van der Waals surface area contributed by atoms with Crippen LogP contribution >= 0.6 is 0 Å². The molecule has 0 spiro atoms. The highest BCUT2D eigenvalue weighted by molar-refractivity contribution is 6.02. The third-order valence-corrected chi connectivity index (χ3v) is 7.34. The Morgan fingerprint density at radius 3 is 2.60 bits per heavy atom. The van der Waals surface area contributed by atoms with E-state index in [0.29, 0.717) is 18.3 Å². The zero-order chi connectivity index (χ0) is 27.3. The molecule has 40 heavy (non-hydrogen) atoms. The summed E-state index contributed by atoms with van der Waals surface area (Å²) in [4.78, 5) is 16.3. The van der Waals surface area contributed by atoms with Crippen molar-refractivity contribution in [3.8, 4) is 17.0 Å². The quantitative estimate of drug-likeness (QED) is 0.199. The molecule has 1 fully saturated rings. The summed E-state index contributed by atoms with van der Waals surface area (Å²) in [6.07, 6.45) is 7.04. The molecule has 0 atom stereocenters. The maximum absolute atomic E-state index is 12.3. The van der Waals surface area contributed by atoms with E-state index in [-0.39, 0.29) is 6.61 Å². The van der Waals surface area contributed by atoms with Crippen molar-refractivity contribution < 1.29 is 14.3 Å². The average molecular weight is 537 g/mol. The first-order valence-electron chi connectivity index (χ1n) is 13.6. The number of nitrogens with two attached hydrogens (primary N) is 1. The number of hydrogen-bond donors (Lipinski definition) is 2. The van der Waals surface area contributed by atoms with Gasteiger partial charge in [0, 0.05) is 35.6 Å². The molecule has 5 aromatic rings. The lowest BCUT2D eigenvalue weighted by Crippen LogP contribution is -2.18. The normalized spacial score (nSPS) is 13.2. The number of anilines is 2. The number of amides is 1. The average Bonchev–Trinajstić information content (AvgIpc) is 3.57. The molecule has 1 saturated carbocycles. The van der Waals surface area contributed by atoms with Crippen molar-refractivity contribution in [2.75, 3.05) is 17.7 Å². The van der Waals surface area contributed by atoms with Crippen molar-refractivity contribution in [1.82, 2.24) is 19.3 Å². The number of rotatable bonds is 10. The molecule has 0 radical (unpaired) electrons. The minimum Gasteiger partial charge on any atom is -0.494 e. The first-order valence-corrected chi connectivity index (χ1v) is 13.6. The number of aromatic nitrogens is 4. The number of carbonyl (C=O) groups excluding carboxylic acids is 1. The van der Waals surface area contributed by atoms with Gasteiger partial charge in [-0.15, -0.1) is 0 Å². The summed E-state index contributed by atoms with van der Waals surface area (Å²) in [5.41, 5.74) is 12.2. The molecular formula is C31H32N6O3. The van der Waals surface area contributed by atoms with Crippen LogP contribution in [0.5, 0.6) is 5.75 Å². The Morgan fingerprint density at radius 2 is 1.88 bits per heavy atom. The van der Waals surface area contributed by atoms with Crippen LogP contribution in [-0.2, 0) is 17.9 Å². The topological polar surface area (TPSA) is 109 Å². The van der Waals surface area contributed by atoms with E-state index in [4.69, 9.17) is 15.2 Å². The van der Waals surface area contributed by atoms with Crippen LogP contribution in [0, 0.1) is 0 Å². The monoisotopic (exact) mass is 536 g/mol. The molecule has 204 valence electrons. The molecule has 2 aromatic heterocycles. The van der Waals surface area contributed by atoms with Gasteiger partial charge in [-0.25, -0.2) is 9.78 Å². The highest BCUT2D eigenvalue weighted by Crippen LogP contribution is 2.45. The Labute approximate surface area is 232 Å². The van der Waals surface area contributed by atoms with E-state index in [0.717, 1.165) is 65.0 Å². The van der Waals surface area contributed by atoms with Crippen LogP contribution in [0.15, 0.2) is 85.5 Å². The third-order valence-electron chi connectivity index (χ3n) is 7.34. The molecule has 2 heterocycles. The van der Waals surface area contributed by atoms with Gasteiger partial charge >= 0.3 is 6.09 Å². The zero-order valence-electron chi connectivity index (χ0n) is 22.2. The van der Waals surface area contributed by atoms with E-state index in [2.05, 4.69) is 26.0 Å². The maximum Gasteiger partial charge on any atom is 0.411 e. The maximum atomic E-state index is 12.3. The molecule has 1 aliphatic carbocycles. The van der Waals surface area contributed by atoms with Crippen molar-refractivity contribution in [3.63, 3.8) is 0 Å². The molecule has 0 unspecified atom stereocenters. The number of aryl methyl sites for hydroxylation is 1. The van der Waals surface area contributed by atoms with E-state index >= 15 is 0 Å². The minimum absolute atomic E-state index is 0.219. The van der Waals surface area contributed by atoms with Crippen LogP contribution in [0.3, 0.4) is 0 Å². The smallest absolute Gasteiger partial charge is 0.411 e. The van der Waals surface area contributed by atoms with E-state index in [1.165, 1.54) is 12.7 Å². The van der Waals surface area contributed by atoms with Crippen molar-refractivity contribution in [3.05, 3.63) is 91.0 Å². The Morgan fingerprint density at radius 1 is 1.05 bits per heavy atom. The first-order chi connectivity index (χ1) is 19.7. The first kappa shape index (κ1) is 25.5. The van der Waals surface area contributed by atoms with Crippen LogP contribution < -0.4 is 15.8 Å². The number of nitrogens with zero attached hydrogens (tertiary/aromatic N) is 4. The van der Waals surface area contributed by atoms with Crippen molar-refractivity contribution in [1.29, 1.82) is 0 Å². The minimum atomic E-state index is -0.492. The molecule has 0 aliphatic heterocycles. The summed E-state index contributed by atoms with van der Waals surface area (Å²) in [7, 11) is 0. The second-order valence-electron chi connectivity index (χ2n) is 10.0. The fraction of sp³-hybridized carbons (Fsp3) is 0.258. The van der Waals surface area contributed by atoms with Crippen LogP contribution in [0.2, 0.25) is 0 Å². The molecule has 0 bridgehead atoms. The molecule has 3 aromatic carbocycles. The summed E-state index contributed by atoms with van der Waals surface area (Å²) < 4.78 is 15.6. The van der Waals surface area contributed by atoms with Gasteiger partial charge in [0.2, 0.25) is 0 Å². The molecule has 9 nitrogen and oxygen atoms in total. The number of ether oxygens (including phenoxy) is 2. The zero-order valence-corrected chi connectivity index (χ0v) is 22.2. The van der Waals surface area contributed by atoms with Crippen molar-refractivity contribution in [2.24, 2.45) is 0 Å². The van der Waals surface area contributed by atoms with Gasteiger partial charge in [-0.05, 0) is 55.2 Å². The van der Waals surface area contributed by atoms with Crippen LogP contribution in [0.25, 0.3) is 22.2 Å². The molecular weight excluding hydrogens is 504 g/mol. The number of hydrogen-bond acceptors (Lipinski definition) is 6. The number of fused-ring (bicyclic) bond motifs is 1. The molecule has 0 saturated heterocycles. The third kappa shape index (κ3) is 5.49. The Balaban J connectivity index is 1.18. The molecule has 1 aliphatic rings. The van der Waals surface area contributed by atoms with Gasteiger partial charge in [-0.3, -0.25) is 10.00 Å². The number of carbonyl (C=O) groups is 1. The lowest BCUT2D eigenvalue weighted by molar-refractivity contribution is 0.155. The summed E-state index contributed by atoms with van der Waals surface area (Å²) in [6, 6.07) is 23.9. The number of benzene rings is 3. The van der Waals surface area contributed by atoms with Crippen molar-refractivity contribution in [2.45, 2.75) is 44.9 Å². The van der Waals surface area contributed by atoms with Gasteiger partial charge in [0.1, 0.15) is 25.0 Å². The van der Waals surface area contributed by atoms with Gasteiger partial charge < -0.3 is 19.8 Å². The fourth-order valence-electron chi connectivity index (χ4n) is 5.08. The summed E-state index contributed by atoms with van der Waals surface area (Å²) >= 11 is 0. The lowest BCUT2D eigenvalue weighted by atomic mass is 9.92. The van der Waals surface area contributed by atoms with E-state index in [1.54, 1.807) is 11.0 Å². The lowest BCUT2D eigenvalue weighted by Gasteiger charge is -2.30. The predicted molar refractivity (Wildman–Crippen MR) is 155 cm³/mol. The van der Waals surface area contributed by atoms with E-state index < -0.39 is 6.09 Å². The highest BCUT2D eigenvalue weighted by atomic mass is 16.5. The van der Waals surface area contributed by atoms with Gasteiger partial charge in [0.15, 0.2) is 0 Å². The fourth-order valence-corrected chi connectivity index (χ4v) is 5.08. The molecule has 3 N–H and O–H groups in total. The second-order valence-corrected chi connectivity index (χ2v) is 10.0. The van der Waals surface area contributed by atoms with Crippen LogP contribution in [0.4, 0.5) is 16.2 Å². The van der Waals surface area contributed by atoms with E-state index in [1.807, 2.05) is 66.7 Å². The van der Waals surface area contributed by atoms with Gasteiger partial charge in [0.25, 0.3) is 0 Å². The standard InChI is InChI=1S/C31H32N6O3/c32-29-27-18-26(39-17-5-16-36-21-33-20-34-36)14-15-28(27)37(25-8-4-9-25)30(29)23-10-12-24(13-11-23)35-31(38)40-19-22-6-2-1-3-7-22/h1-3,6-7,10-15,18,20-21,25H,4-5,8-9,16-17,19,32H2,(H,35,38). The van der Waals surface area contributed by atoms with E-state index in [9.17, 15) is 4.79 Å². The highest BCUT2D eigenvalue weighted by Gasteiger charge is 2.27. The predicted octanol–water partition coefficient (Wildman–Crippen LogP) is 6.42. The number of nitrogen functional groups attached to an aromatic ring is 1. The SMILES string of the molecule is Nc1c(-c2ccc(NC(=O)OCc3ccccc3)cc2)n(C2CCC2)c2ccc(OCCCn3cncn3)cc12. The second kappa shape index (κ2) is 11.5. The van der Waals surface area contributed by atoms with Crippen LogP contribution in [-0.4, -0.2) is 32.0 Å². The Bertz CT molecular complexity index is 1580. The largest absolute Gasteiger partial charge is 0.494 e. The summed E-state index contributed by atoms with van der Waals surface area (Å²) in [5, 5.41) is 7.92. The number of nitrogens with one attached hydrogen (secondary N) is 1. The van der Waals surface area contributed by atoms with Gasteiger partial charge in [-0.1, -0.05) is 42.5 Å². The van der Waals surface area contributed by atoms with Gasteiger partial charge in [0.05, 0.1) is 23.5 Å². The molecule has 1 amide bonds. The molecule has 6 rings (SSSR count).